The zero-order chi connectivity index (χ0) is 10.2. The molecule has 0 unspecified atom stereocenters. The Hall–Kier alpha value is -0.550. The molecule has 5 heteroatoms. The van der Waals surface area contributed by atoms with Crippen molar-refractivity contribution >= 4 is 29.0 Å². The van der Waals surface area contributed by atoms with E-state index in [1.807, 2.05) is 11.6 Å². The van der Waals surface area contributed by atoms with Gasteiger partial charge >= 0.3 is 0 Å². The number of hydrogen-bond donors (Lipinski definition) is 1. The van der Waals surface area contributed by atoms with E-state index in [0.29, 0.717) is 6.42 Å². The Morgan fingerprint density at radius 3 is 3.21 bits per heavy atom. The Kier molecular flexibility index (Phi) is 5.63. The third-order valence-corrected chi connectivity index (χ3v) is 2.97. The van der Waals surface area contributed by atoms with Gasteiger partial charge in [0.2, 0.25) is 5.91 Å². The fourth-order valence-corrected chi connectivity index (χ4v) is 1.88. The average Bonchev–Trinajstić information content (AvgIpc) is 2.68. The van der Waals surface area contributed by atoms with E-state index in [2.05, 4.69) is 10.3 Å². The number of hydrogen-bond acceptors (Lipinski definition) is 4. The van der Waals surface area contributed by atoms with Gasteiger partial charge in [-0.25, -0.2) is 4.98 Å². The van der Waals surface area contributed by atoms with E-state index in [9.17, 15) is 4.79 Å². The normalized spacial score (nSPS) is 10.1. The maximum atomic E-state index is 11.3. The summed E-state index contributed by atoms with van der Waals surface area (Å²) >= 11 is 3.30. The Morgan fingerprint density at radius 2 is 2.57 bits per heavy atom. The van der Waals surface area contributed by atoms with Gasteiger partial charge in [0.05, 0.1) is 11.2 Å². The van der Waals surface area contributed by atoms with Crippen molar-refractivity contribution in [3.05, 3.63) is 16.6 Å². The van der Waals surface area contributed by atoms with Gasteiger partial charge in [0, 0.05) is 24.1 Å². The van der Waals surface area contributed by atoms with Crippen molar-refractivity contribution in [2.75, 3.05) is 18.6 Å². The molecule has 0 atom stereocenters. The summed E-state index contributed by atoms with van der Waals surface area (Å²) in [7, 11) is 0. The van der Waals surface area contributed by atoms with E-state index in [-0.39, 0.29) is 5.91 Å². The first-order valence-corrected chi connectivity index (χ1v) is 6.79. The minimum Gasteiger partial charge on any atom is -0.355 e. The monoisotopic (exact) mass is 230 g/mol. The van der Waals surface area contributed by atoms with Crippen molar-refractivity contribution in [2.24, 2.45) is 0 Å². The molecule has 3 nitrogen and oxygen atoms in total. The van der Waals surface area contributed by atoms with Crippen LogP contribution in [0.15, 0.2) is 10.9 Å². The number of rotatable bonds is 6. The van der Waals surface area contributed by atoms with Crippen LogP contribution in [0.3, 0.4) is 0 Å². The Labute approximate surface area is 92.3 Å². The van der Waals surface area contributed by atoms with Crippen molar-refractivity contribution in [1.29, 1.82) is 0 Å². The average molecular weight is 230 g/mol. The number of aryl methyl sites for hydroxylation is 1. The summed E-state index contributed by atoms with van der Waals surface area (Å²) in [6.45, 7) is 0.761. The molecule has 0 radical (unpaired) electrons. The number of nitrogens with one attached hydrogen (secondary N) is 1. The second-order valence-corrected chi connectivity index (χ2v) is 4.53. The topological polar surface area (TPSA) is 42.0 Å². The van der Waals surface area contributed by atoms with Gasteiger partial charge in [0.25, 0.3) is 0 Å². The lowest BCUT2D eigenvalue weighted by Gasteiger charge is -2.02. The summed E-state index contributed by atoms with van der Waals surface area (Å²) in [6.07, 6.45) is 3.31. The fraction of sp³-hybridized carbons (Fsp3) is 0.556. The van der Waals surface area contributed by atoms with Crippen LogP contribution in [0.1, 0.15) is 12.1 Å². The fourth-order valence-electron chi connectivity index (χ4n) is 0.984. The minimum atomic E-state index is 0.118. The predicted molar refractivity (Wildman–Crippen MR) is 61.8 cm³/mol. The standard InChI is InChI=1S/C9H14N2OS2/c1-13-5-4-10-9(12)3-2-8-6-14-7-11-8/h6-7H,2-5H2,1H3,(H,10,12). The molecule has 0 fully saturated rings. The molecule has 0 saturated heterocycles. The largest absolute Gasteiger partial charge is 0.355 e. The molecule has 0 spiro atoms. The zero-order valence-electron chi connectivity index (χ0n) is 8.16. The third kappa shape index (κ3) is 4.62. The van der Waals surface area contributed by atoms with Crippen LogP contribution in [-0.4, -0.2) is 29.4 Å². The molecule has 1 amide bonds. The van der Waals surface area contributed by atoms with Crippen molar-refractivity contribution in [1.82, 2.24) is 10.3 Å². The number of nitrogens with zero attached hydrogens (tertiary/aromatic N) is 1. The number of carbonyl (C=O) groups excluding carboxylic acids is 1. The van der Waals surface area contributed by atoms with Gasteiger partial charge in [-0.3, -0.25) is 4.79 Å². The number of thiazole rings is 1. The third-order valence-electron chi connectivity index (χ3n) is 1.72. The van der Waals surface area contributed by atoms with E-state index in [1.54, 1.807) is 28.6 Å². The molecular formula is C9H14N2OS2. The van der Waals surface area contributed by atoms with E-state index < -0.39 is 0 Å². The summed E-state index contributed by atoms with van der Waals surface area (Å²) in [4.78, 5) is 15.4. The van der Waals surface area contributed by atoms with Gasteiger partial charge in [-0.15, -0.1) is 11.3 Å². The first kappa shape index (κ1) is 11.5. The number of thioether (sulfide) groups is 1. The number of carbonyl (C=O) groups is 1. The van der Waals surface area contributed by atoms with Crippen LogP contribution in [-0.2, 0) is 11.2 Å². The molecule has 0 aliphatic carbocycles. The molecule has 14 heavy (non-hydrogen) atoms. The molecule has 78 valence electrons. The second kappa shape index (κ2) is 6.84. The van der Waals surface area contributed by atoms with Gasteiger partial charge in [-0.05, 0) is 12.7 Å². The lowest BCUT2D eigenvalue weighted by Crippen LogP contribution is -2.25. The Balaban J connectivity index is 2.09. The molecule has 0 bridgehead atoms. The maximum absolute atomic E-state index is 11.3. The van der Waals surface area contributed by atoms with Gasteiger partial charge < -0.3 is 5.32 Å². The molecular weight excluding hydrogens is 216 g/mol. The van der Waals surface area contributed by atoms with Crippen LogP contribution in [0.5, 0.6) is 0 Å². The van der Waals surface area contributed by atoms with Crippen LogP contribution in [0.25, 0.3) is 0 Å². The molecule has 1 N–H and O–H groups in total. The van der Waals surface area contributed by atoms with Crippen molar-refractivity contribution in [3.8, 4) is 0 Å². The number of amides is 1. The zero-order valence-corrected chi connectivity index (χ0v) is 9.79. The minimum absolute atomic E-state index is 0.118. The van der Waals surface area contributed by atoms with E-state index in [1.165, 1.54) is 0 Å². The van der Waals surface area contributed by atoms with Crippen LogP contribution in [0.2, 0.25) is 0 Å². The second-order valence-electron chi connectivity index (χ2n) is 2.82. The van der Waals surface area contributed by atoms with Crippen molar-refractivity contribution < 1.29 is 4.79 Å². The van der Waals surface area contributed by atoms with Gasteiger partial charge in [0.1, 0.15) is 0 Å². The summed E-state index contributed by atoms with van der Waals surface area (Å²) in [5.41, 5.74) is 2.80. The highest BCUT2D eigenvalue weighted by molar-refractivity contribution is 7.98. The van der Waals surface area contributed by atoms with Crippen molar-refractivity contribution in [3.63, 3.8) is 0 Å². The highest BCUT2D eigenvalue weighted by Gasteiger charge is 2.02. The van der Waals surface area contributed by atoms with Gasteiger partial charge in [-0.1, -0.05) is 0 Å². The molecule has 0 aliphatic rings. The van der Waals surface area contributed by atoms with E-state index in [4.69, 9.17) is 0 Å². The smallest absolute Gasteiger partial charge is 0.220 e. The van der Waals surface area contributed by atoms with E-state index >= 15 is 0 Å². The first-order chi connectivity index (χ1) is 6.83. The quantitative estimate of drug-likeness (QED) is 0.754. The van der Waals surface area contributed by atoms with Crippen LogP contribution in [0, 0.1) is 0 Å². The summed E-state index contributed by atoms with van der Waals surface area (Å²) in [5.74, 6) is 1.09. The van der Waals surface area contributed by atoms with Gasteiger partial charge in [0.15, 0.2) is 0 Å². The van der Waals surface area contributed by atoms with Crippen LogP contribution >= 0.6 is 23.1 Å². The highest BCUT2D eigenvalue weighted by Crippen LogP contribution is 2.03. The molecule has 1 heterocycles. The summed E-state index contributed by atoms with van der Waals surface area (Å²) in [6, 6.07) is 0. The molecule has 1 aromatic rings. The molecule has 1 aromatic heterocycles. The lowest BCUT2D eigenvalue weighted by atomic mass is 10.2. The van der Waals surface area contributed by atoms with Gasteiger partial charge in [-0.2, -0.15) is 11.8 Å². The van der Waals surface area contributed by atoms with E-state index in [0.717, 1.165) is 24.4 Å². The summed E-state index contributed by atoms with van der Waals surface area (Å²) < 4.78 is 0. The number of aromatic nitrogens is 1. The first-order valence-electron chi connectivity index (χ1n) is 4.45. The molecule has 0 saturated carbocycles. The van der Waals surface area contributed by atoms with Crippen LogP contribution in [0.4, 0.5) is 0 Å². The Bertz CT molecular complexity index is 262. The van der Waals surface area contributed by atoms with Crippen molar-refractivity contribution in [2.45, 2.75) is 12.8 Å². The predicted octanol–water partition coefficient (Wildman–Crippen LogP) is 1.55. The highest BCUT2D eigenvalue weighted by atomic mass is 32.2. The summed E-state index contributed by atoms with van der Waals surface area (Å²) in [5, 5.41) is 4.84. The Morgan fingerprint density at radius 1 is 1.71 bits per heavy atom. The molecule has 1 rings (SSSR count). The molecule has 0 aliphatic heterocycles. The molecule has 0 aromatic carbocycles. The maximum Gasteiger partial charge on any atom is 0.220 e. The SMILES string of the molecule is CSCCNC(=O)CCc1cscn1. The lowest BCUT2D eigenvalue weighted by molar-refractivity contribution is -0.120. The van der Waals surface area contributed by atoms with Crippen LogP contribution < -0.4 is 5.32 Å².